The average Bonchev–Trinajstić information content (AvgIpc) is 2.36. The number of primary sulfonamides is 1. The van der Waals surface area contributed by atoms with E-state index in [9.17, 15) is 8.42 Å². The third-order valence-corrected chi connectivity index (χ3v) is 4.04. The monoisotopic (exact) mass is 177 g/mol. The second-order valence-corrected chi connectivity index (χ2v) is 6.01. The van der Waals surface area contributed by atoms with Gasteiger partial charge in [-0.1, -0.05) is 13.8 Å². The molecule has 2 atom stereocenters. The Morgan fingerprint density at radius 2 is 1.91 bits per heavy atom. The summed E-state index contributed by atoms with van der Waals surface area (Å²) in [5, 5.41) is 4.64. The molecule has 1 saturated carbocycles. The largest absolute Gasteiger partial charge is 0.228 e. The van der Waals surface area contributed by atoms with E-state index in [-0.39, 0.29) is 16.6 Å². The molecule has 1 fully saturated rings. The van der Waals surface area contributed by atoms with E-state index in [0.29, 0.717) is 0 Å². The van der Waals surface area contributed by atoms with Crippen LogP contribution in [0, 0.1) is 11.3 Å². The highest BCUT2D eigenvalue weighted by molar-refractivity contribution is 7.89. The molecule has 1 aliphatic carbocycles. The minimum absolute atomic E-state index is 0.186. The fraction of sp³-hybridized carbons (Fsp3) is 1.00. The number of rotatable bonds is 2. The van der Waals surface area contributed by atoms with Gasteiger partial charge in [-0.05, 0) is 24.7 Å². The number of nitrogens with two attached hydrogens (primary N) is 1. The van der Waals surface area contributed by atoms with Gasteiger partial charge in [-0.2, -0.15) is 0 Å². The first-order chi connectivity index (χ1) is 4.75. The Kier molecular flexibility index (Phi) is 1.80. The molecule has 0 bridgehead atoms. The molecule has 0 aliphatic heterocycles. The van der Waals surface area contributed by atoms with Crippen LogP contribution in [0.5, 0.6) is 0 Å². The number of sulfonamides is 1. The molecule has 2 unspecified atom stereocenters. The van der Waals surface area contributed by atoms with Gasteiger partial charge in [0.25, 0.3) is 0 Å². The summed E-state index contributed by atoms with van der Waals surface area (Å²) >= 11 is 0. The fourth-order valence-electron chi connectivity index (χ4n) is 1.54. The average molecular weight is 177 g/mol. The normalized spacial score (nSPS) is 31.5. The van der Waals surface area contributed by atoms with Gasteiger partial charge < -0.3 is 0 Å². The fourth-order valence-corrected chi connectivity index (χ4v) is 2.46. The molecule has 0 radical (unpaired) electrons. The van der Waals surface area contributed by atoms with Crippen molar-refractivity contribution < 1.29 is 8.42 Å². The second-order valence-electron chi connectivity index (χ2n) is 4.09. The summed E-state index contributed by atoms with van der Waals surface area (Å²) in [6.45, 7) is 5.83. The smallest absolute Gasteiger partial charge is 0.211 e. The van der Waals surface area contributed by atoms with Gasteiger partial charge >= 0.3 is 0 Å². The van der Waals surface area contributed by atoms with Gasteiger partial charge in [0, 0.05) is 0 Å². The molecule has 1 aliphatic rings. The van der Waals surface area contributed by atoms with E-state index in [1.165, 1.54) is 0 Å². The van der Waals surface area contributed by atoms with Gasteiger partial charge in [0.15, 0.2) is 0 Å². The first kappa shape index (κ1) is 9.00. The van der Waals surface area contributed by atoms with Crippen LogP contribution >= 0.6 is 0 Å². The van der Waals surface area contributed by atoms with Crippen LogP contribution in [0.15, 0.2) is 0 Å². The summed E-state index contributed by atoms with van der Waals surface area (Å²) in [7, 11) is -3.31. The molecular formula is C7H15NO2S. The van der Waals surface area contributed by atoms with E-state index in [4.69, 9.17) is 5.14 Å². The van der Waals surface area contributed by atoms with Crippen LogP contribution in [0.25, 0.3) is 0 Å². The Morgan fingerprint density at radius 3 is 2.00 bits per heavy atom. The summed E-state index contributed by atoms with van der Waals surface area (Å²) in [5.41, 5.74) is 0.186. The SMILES string of the molecule is CC(C1CC1(C)C)S(N)(=O)=O. The van der Waals surface area contributed by atoms with Crippen LogP contribution in [0.2, 0.25) is 0 Å². The molecule has 66 valence electrons. The first-order valence-electron chi connectivity index (χ1n) is 3.77. The highest BCUT2D eigenvalue weighted by Gasteiger charge is 2.51. The van der Waals surface area contributed by atoms with Crippen LogP contribution in [0.4, 0.5) is 0 Å². The third-order valence-electron chi connectivity index (χ3n) is 2.67. The van der Waals surface area contributed by atoms with Crippen molar-refractivity contribution >= 4 is 10.0 Å². The molecule has 4 heteroatoms. The summed E-state index contributed by atoms with van der Waals surface area (Å²) in [4.78, 5) is 0. The molecule has 0 saturated heterocycles. The molecule has 3 nitrogen and oxygen atoms in total. The molecule has 1 rings (SSSR count). The Labute approximate surface area is 68.0 Å². The van der Waals surface area contributed by atoms with E-state index in [2.05, 4.69) is 13.8 Å². The second kappa shape index (κ2) is 2.20. The summed E-state index contributed by atoms with van der Waals surface area (Å²) in [6.07, 6.45) is 0.977. The maximum atomic E-state index is 10.9. The first-order valence-corrected chi connectivity index (χ1v) is 5.38. The topological polar surface area (TPSA) is 60.2 Å². The minimum Gasteiger partial charge on any atom is -0.228 e. The minimum atomic E-state index is -3.31. The molecule has 0 spiro atoms. The quantitative estimate of drug-likeness (QED) is 0.675. The van der Waals surface area contributed by atoms with Gasteiger partial charge in [-0.25, -0.2) is 13.6 Å². The molecular weight excluding hydrogens is 162 g/mol. The van der Waals surface area contributed by atoms with Crippen LogP contribution in [-0.2, 0) is 10.0 Å². The highest BCUT2D eigenvalue weighted by atomic mass is 32.2. The zero-order valence-corrected chi connectivity index (χ0v) is 7.98. The Balaban J connectivity index is 2.67. The standard InChI is InChI=1S/C7H15NO2S/c1-5(11(8,9)10)6-4-7(6,2)3/h5-6H,4H2,1-3H3,(H2,8,9,10). The van der Waals surface area contributed by atoms with Crippen molar-refractivity contribution in [1.82, 2.24) is 0 Å². The summed E-state index contributed by atoms with van der Waals surface area (Å²) < 4.78 is 21.8. The van der Waals surface area contributed by atoms with Crippen molar-refractivity contribution in [2.45, 2.75) is 32.4 Å². The van der Waals surface area contributed by atoms with Gasteiger partial charge in [0.2, 0.25) is 10.0 Å². The van der Waals surface area contributed by atoms with Gasteiger partial charge in [0.05, 0.1) is 5.25 Å². The Morgan fingerprint density at radius 1 is 1.55 bits per heavy atom. The molecule has 11 heavy (non-hydrogen) atoms. The summed E-state index contributed by atoms with van der Waals surface area (Å²) in [6, 6.07) is 0. The van der Waals surface area contributed by atoms with Crippen LogP contribution in [0.1, 0.15) is 27.2 Å². The van der Waals surface area contributed by atoms with Gasteiger partial charge in [0.1, 0.15) is 0 Å². The lowest BCUT2D eigenvalue weighted by atomic mass is 10.1. The maximum absolute atomic E-state index is 10.9. The van der Waals surface area contributed by atoms with Crippen molar-refractivity contribution in [1.29, 1.82) is 0 Å². The predicted octanol–water partition coefficient (Wildman–Crippen LogP) is 0.710. The van der Waals surface area contributed by atoms with Crippen molar-refractivity contribution in [3.05, 3.63) is 0 Å². The van der Waals surface area contributed by atoms with Gasteiger partial charge in [-0.15, -0.1) is 0 Å². The highest BCUT2D eigenvalue weighted by Crippen LogP contribution is 2.54. The van der Waals surface area contributed by atoms with Gasteiger partial charge in [-0.3, -0.25) is 0 Å². The van der Waals surface area contributed by atoms with E-state index >= 15 is 0 Å². The summed E-state index contributed by atoms with van der Waals surface area (Å²) in [5.74, 6) is 0.262. The molecule has 0 amide bonds. The van der Waals surface area contributed by atoms with Crippen molar-refractivity contribution in [3.63, 3.8) is 0 Å². The van der Waals surface area contributed by atoms with Crippen LogP contribution in [0.3, 0.4) is 0 Å². The van der Waals surface area contributed by atoms with Crippen molar-refractivity contribution in [2.75, 3.05) is 0 Å². The zero-order chi connectivity index (χ0) is 8.86. The third kappa shape index (κ3) is 1.73. The van der Waals surface area contributed by atoms with Crippen molar-refractivity contribution in [3.8, 4) is 0 Å². The zero-order valence-electron chi connectivity index (χ0n) is 7.16. The van der Waals surface area contributed by atoms with Crippen LogP contribution in [-0.4, -0.2) is 13.7 Å². The maximum Gasteiger partial charge on any atom is 0.211 e. The van der Waals surface area contributed by atoms with E-state index in [1.54, 1.807) is 6.92 Å². The lowest BCUT2D eigenvalue weighted by molar-refractivity contribution is 0.524. The van der Waals surface area contributed by atoms with E-state index in [0.717, 1.165) is 6.42 Å². The number of hydrogen-bond acceptors (Lipinski definition) is 2. The Hall–Kier alpha value is -0.0900. The molecule has 2 N–H and O–H groups in total. The lowest BCUT2D eigenvalue weighted by Crippen LogP contribution is -2.28. The molecule has 0 aromatic heterocycles. The molecule has 0 aromatic rings. The molecule has 0 aromatic carbocycles. The van der Waals surface area contributed by atoms with Crippen molar-refractivity contribution in [2.24, 2.45) is 16.5 Å². The van der Waals surface area contributed by atoms with E-state index < -0.39 is 10.0 Å². The van der Waals surface area contributed by atoms with E-state index in [1.807, 2.05) is 0 Å². The Bertz CT molecular complexity index is 256. The van der Waals surface area contributed by atoms with Crippen LogP contribution < -0.4 is 5.14 Å². The lowest BCUT2D eigenvalue weighted by Gasteiger charge is -2.09. The predicted molar refractivity (Wildman–Crippen MR) is 44.5 cm³/mol. The number of hydrogen-bond donors (Lipinski definition) is 1. The molecule has 0 heterocycles.